The van der Waals surface area contributed by atoms with Gasteiger partial charge in [-0.05, 0) is 60.5 Å². The number of hydrogen-bond donors (Lipinski definition) is 2. The second kappa shape index (κ2) is 11.3. The smallest absolute Gasteiger partial charge is 0.254 e. The summed E-state index contributed by atoms with van der Waals surface area (Å²) in [6.45, 7) is 1.14. The van der Waals surface area contributed by atoms with Crippen LogP contribution < -0.4 is 10.5 Å². The van der Waals surface area contributed by atoms with Gasteiger partial charge in [0, 0.05) is 29.7 Å². The summed E-state index contributed by atoms with van der Waals surface area (Å²) in [7, 11) is -2.28. The average molecular weight is 571 g/mol. The fraction of sp³-hybridized carbons (Fsp3) is 0.154. The van der Waals surface area contributed by atoms with E-state index in [9.17, 15) is 22.4 Å². The number of aryl methyl sites for hydroxylation is 2. The summed E-state index contributed by atoms with van der Waals surface area (Å²) in [5.41, 5.74) is 2.01. The van der Waals surface area contributed by atoms with Crippen LogP contribution in [0, 0.1) is 12.7 Å². The Labute approximate surface area is 229 Å². The molecule has 1 heterocycles. The predicted molar refractivity (Wildman–Crippen MR) is 144 cm³/mol. The van der Waals surface area contributed by atoms with Crippen LogP contribution in [0.25, 0.3) is 11.3 Å². The molecular formula is C26H24ClFN6O4S. The van der Waals surface area contributed by atoms with E-state index in [0.29, 0.717) is 21.8 Å². The molecule has 3 N–H and O–H groups in total. The maximum Gasteiger partial charge on any atom is 0.254 e. The molecule has 0 fully saturated rings. The van der Waals surface area contributed by atoms with E-state index >= 15 is 0 Å². The van der Waals surface area contributed by atoms with E-state index in [0.717, 1.165) is 0 Å². The molecule has 0 aliphatic heterocycles. The Kier molecular flexibility index (Phi) is 8.09. The number of nitrogens with two attached hydrogens (primary N) is 1. The lowest BCUT2D eigenvalue weighted by Crippen LogP contribution is -2.37. The number of nitrogens with zero attached hydrogens (tertiary/aromatic N) is 4. The summed E-state index contributed by atoms with van der Waals surface area (Å²) < 4.78 is 39.8. The Morgan fingerprint density at radius 2 is 1.82 bits per heavy atom. The number of anilines is 1. The van der Waals surface area contributed by atoms with Crippen LogP contribution in [0.4, 0.5) is 10.1 Å². The Morgan fingerprint density at radius 1 is 1.10 bits per heavy atom. The van der Waals surface area contributed by atoms with Crippen LogP contribution in [-0.4, -0.2) is 46.7 Å². The fourth-order valence-corrected chi connectivity index (χ4v) is 4.80. The van der Waals surface area contributed by atoms with Crippen molar-refractivity contribution >= 4 is 39.1 Å². The first-order chi connectivity index (χ1) is 18.4. The maximum atomic E-state index is 14.8. The minimum Gasteiger partial charge on any atom is -0.325 e. The molecular weight excluding hydrogens is 547 g/mol. The van der Waals surface area contributed by atoms with Crippen LogP contribution in [-0.2, 0) is 28.4 Å². The Bertz CT molecular complexity index is 1660. The number of sulfonamides is 1. The summed E-state index contributed by atoms with van der Waals surface area (Å²) >= 11 is 5.97. The van der Waals surface area contributed by atoms with Gasteiger partial charge in [-0.1, -0.05) is 35.0 Å². The molecule has 4 aromatic rings. The standard InChI is InChI=1S/C26H24ClFN6O4S/c1-16-11-19(6-10-24(16)39(29,37)38)26(36)34(13-17-3-7-20(27)8-4-17)15-25(35)30-22-9-5-18(12-21(22)28)23-14-33(2)32-31-23/h3-12,14H,13,15H2,1-2H3,(H,30,35)(H2,29,37,38). The Morgan fingerprint density at radius 3 is 2.41 bits per heavy atom. The van der Waals surface area contributed by atoms with Gasteiger partial charge >= 0.3 is 0 Å². The van der Waals surface area contributed by atoms with Crippen LogP contribution in [0.5, 0.6) is 0 Å². The highest BCUT2D eigenvalue weighted by atomic mass is 35.5. The molecule has 0 spiro atoms. The molecule has 3 aromatic carbocycles. The summed E-state index contributed by atoms with van der Waals surface area (Å²) in [6.07, 6.45) is 1.63. The van der Waals surface area contributed by atoms with Crippen LogP contribution in [0.3, 0.4) is 0 Å². The third kappa shape index (κ3) is 6.85. The molecule has 0 aliphatic rings. The SMILES string of the molecule is Cc1cc(C(=O)N(CC(=O)Nc2ccc(-c3cn(C)nn3)cc2F)Cc2ccc(Cl)cc2)ccc1S(N)(=O)=O. The highest BCUT2D eigenvalue weighted by Crippen LogP contribution is 2.23. The number of halogens is 2. The molecule has 0 saturated carbocycles. The van der Waals surface area contributed by atoms with Crippen molar-refractivity contribution in [3.8, 4) is 11.3 Å². The van der Waals surface area contributed by atoms with Gasteiger partial charge in [0.25, 0.3) is 5.91 Å². The molecule has 39 heavy (non-hydrogen) atoms. The molecule has 0 saturated heterocycles. The van der Waals surface area contributed by atoms with E-state index in [1.807, 2.05) is 0 Å². The molecule has 0 unspecified atom stereocenters. The molecule has 0 atom stereocenters. The predicted octanol–water partition coefficient (Wildman–Crippen LogP) is 3.51. The van der Waals surface area contributed by atoms with Gasteiger partial charge in [-0.2, -0.15) is 0 Å². The maximum absolute atomic E-state index is 14.8. The number of rotatable bonds is 8. The Hall–Kier alpha value is -4.13. The second-order valence-electron chi connectivity index (χ2n) is 8.83. The lowest BCUT2D eigenvalue weighted by molar-refractivity contribution is -0.117. The third-order valence-corrected chi connectivity index (χ3v) is 7.10. The normalized spacial score (nSPS) is 11.3. The van der Waals surface area contributed by atoms with Crippen molar-refractivity contribution in [2.24, 2.45) is 12.2 Å². The van der Waals surface area contributed by atoms with Crippen molar-refractivity contribution in [3.05, 3.63) is 94.4 Å². The molecule has 13 heteroatoms. The first-order valence-corrected chi connectivity index (χ1v) is 13.5. The highest BCUT2D eigenvalue weighted by Gasteiger charge is 2.22. The molecule has 1 aromatic heterocycles. The number of carbonyl (C=O) groups is 2. The Balaban J connectivity index is 1.56. The first kappa shape index (κ1) is 27.9. The van der Waals surface area contributed by atoms with Crippen molar-refractivity contribution in [2.75, 3.05) is 11.9 Å². The lowest BCUT2D eigenvalue weighted by Gasteiger charge is -2.23. The van der Waals surface area contributed by atoms with Crippen molar-refractivity contribution in [1.82, 2.24) is 19.9 Å². The third-order valence-electron chi connectivity index (χ3n) is 5.78. The summed E-state index contributed by atoms with van der Waals surface area (Å²) in [6, 6.07) is 14.9. The number of primary sulfonamides is 1. The van der Waals surface area contributed by atoms with Gasteiger partial charge in [-0.15, -0.1) is 5.10 Å². The zero-order valence-electron chi connectivity index (χ0n) is 20.9. The monoisotopic (exact) mass is 570 g/mol. The largest absolute Gasteiger partial charge is 0.325 e. The average Bonchev–Trinajstić information content (AvgIpc) is 3.31. The molecule has 2 amide bonds. The zero-order chi connectivity index (χ0) is 28.3. The van der Waals surface area contributed by atoms with Gasteiger partial charge < -0.3 is 10.2 Å². The number of hydrogen-bond acceptors (Lipinski definition) is 6. The van der Waals surface area contributed by atoms with Gasteiger partial charge in [0.1, 0.15) is 18.1 Å². The molecule has 10 nitrogen and oxygen atoms in total. The molecule has 4 rings (SSSR count). The van der Waals surface area contributed by atoms with Crippen LogP contribution >= 0.6 is 11.6 Å². The van der Waals surface area contributed by atoms with Gasteiger partial charge in [0.2, 0.25) is 15.9 Å². The fourth-order valence-electron chi connectivity index (χ4n) is 3.91. The van der Waals surface area contributed by atoms with E-state index < -0.39 is 34.2 Å². The van der Waals surface area contributed by atoms with Crippen LogP contribution in [0.1, 0.15) is 21.5 Å². The molecule has 0 aliphatic carbocycles. The molecule has 202 valence electrons. The van der Waals surface area contributed by atoms with Gasteiger partial charge in [0.15, 0.2) is 0 Å². The number of aromatic nitrogens is 3. The first-order valence-electron chi connectivity index (χ1n) is 11.5. The van der Waals surface area contributed by atoms with Crippen molar-refractivity contribution in [1.29, 1.82) is 0 Å². The quantitative estimate of drug-likeness (QED) is 0.332. The van der Waals surface area contributed by atoms with E-state index in [4.69, 9.17) is 16.7 Å². The van der Waals surface area contributed by atoms with Gasteiger partial charge in [-0.25, -0.2) is 17.9 Å². The van der Waals surface area contributed by atoms with E-state index in [-0.39, 0.29) is 28.3 Å². The minimum absolute atomic E-state index is 0.0352. The lowest BCUT2D eigenvalue weighted by atomic mass is 10.1. The van der Waals surface area contributed by atoms with E-state index in [2.05, 4.69) is 15.6 Å². The topological polar surface area (TPSA) is 140 Å². The van der Waals surface area contributed by atoms with Crippen LogP contribution in [0.15, 0.2) is 71.8 Å². The number of amides is 2. The highest BCUT2D eigenvalue weighted by molar-refractivity contribution is 7.89. The summed E-state index contributed by atoms with van der Waals surface area (Å²) in [4.78, 5) is 27.5. The zero-order valence-corrected chi connectivity index (χ0v) is 22.5. The van der Waals surface area contributed by atoms with Crippen molar-refractivity contribution < 1.29 is 22.4 Å². The number of nitrogens with one attached hydrogen (secondary N) is 1. The van der Waals surface area contributed by atoms with Crippen LogP contribution in [0.2, 0.25) is 5.02 Å². The van der Waals surface area contributed by atoms with E-state index in [1.54, 1.807) is 43.6 Å². The van der Waals surface area contributed by atoms with Crippen molar-refractivity contribution in [2.45, 2.75) is 18.4 Å². The van der Waals surface area contributed by atoms with E-state index in [1.165, 1.54) is 46.8 Å². The van der Waals surface area contributed by atoms with Gasteiger partial charge in [-0.3, -0.25) is 14.3 Å². The number of carbonyl (C=O) groups excluding carboxylic acids is 2. The molecule has 0 radical (unpaired) electrons. The summed E-state index contributed by atoms with van der Waals surface area (Å²) in [5.74, 6) is -1.86. The van der Waals surface area contributed by atoms with Gasteiger partial charge in [0.05, 0.1) is 16.8 Å². The molecule has 0 bridgehead atoms. The summed E-state index contributed by atoms with van der Waals surface area (Å²) in [5, 5.41) is 16.0. The van der Waals surface area contributed by atoms with Crippen molar-refractivity contribution in [3.63, 3.8) is 0 Å². The minimum atomic E-state index is -3.97. The number of benzene rings is 3. The second-order valence-corrected chi connectivity index (χ2v) is 10.8.